The molecule has 2 saturated heterocycles. The Labute approximate surface area is 147 Å². The van der Waals surface area contributed by atoms with E-state index < -0.39 is 0 Å². The van der Waals surface area contributed by atoms with E-state index in [4.69, 9.17) is 9.47 Å². The number of ether oxygens (including phenoxy) is 2. The number of nitrogens with one attached hydrogen (secondary N) is 1. The summed E-state index contributed by atoms with van der Waals surface area (Å²) in [6, 6.07) is 6.21. The van der Waals surface area contributed by atoms with E-state index in [9.17, 15) is 9.18 Å². The first-order valence-corrected chi connectivity index (χ1v) is 8.92. The summed E-state index contributed by atoms with van der Waals surface area (Å²) in [4.78, 5) is 16.5. The van der Waals surface area contributed by atoms with Crippen molar-refractivity contribution in [3.63, 3.8) is 0 Å². The zero-order valence-corrected chi connectivity index (χ0v) is 14.5. The molecular weight excluding hydrogens is 325 g/mol. The van der Waals surface area contributed by atoms with Gasteiger partial charge >= 0.3 is 6.03 Å². The van der Waals surface area contributed by atoms with Crippen LogP contribution < -0.4 is 5.32 Å². The highest BCUT2D eigenvalue weighted by molar-refractivity contribution is 5.74. The van der Waals surface area contributed by atoms with Crippen LogP contribution in [0.3, 0.4) is 0 Å². The first-order chi connectivity index (χ1) is 12.2. The molecule has 1 aromatic rings. The number of halogens is 1. The van der Waals surface area contributed by atoms with Crippen LogP contribution in [0.2, 0.25) is 0 Å². The maximum atomic E-state index is 13.0. The quantitative estimate of drug-likeness (QED) is 0.820. The molecule has 6 nitrogen and oxygen atoms in total. The summed E-state index contributed by atoms with van der Waals surface area (Å²) in [5, 5.41) is 2.99. The molecule has 0 aromatic heterocycles. The van der Waals surface area contributed by atoms with Crippen molar-refractivity contribution < 1.29 is 18.7 Å². The summed E-state index contributed by atoms with van der Waals surface area (Å²) in [7, 11) is 0. The number of nitrogens with zero attached hydrogens (tertiary/aromatic N) is 2. The van der Waals surface area contributed by atoms with Crippen molar-refractivity contribution in [1.29, 1.82) is 0 Å². The minimum atomic E-state index is -0.269. The molecule has 2 heterocycles. The Morgan fingerprint density at radius 1 is 1.16 bits per heavy atom. The Kier molecular flexibility index (Phi) is 6.61. The van der Waals surface area contributed by atoms with Gasteiger partial charge in [-0.25, -0.2) is 9.18 Å². The molecule has 3 rings (SSSR count). The van der Waals surface area contributed by atoms with Crippen molar-refractivity contribution in [2.45, 2.75) is 12.5 Å². The van der Waals surface area contributed by atoms with Crippen LogP contribution >= 0.6 is 0 Å². The molecule has 25 heavy (non-hydrogen) atoms. The molecule has 138 valence electrons. The van der Waals surface area contributed by atoms with Crippen molar-refractivity contribution in [2.75, 3.05) is 59.1 Å². The molecule has 1 atom stereocenters. The van der Waals surface area contributed by atoms with Crippen LogP contribution in [-0.2, 0) is 9.47 Å². The second kappa shape index (κ2) is 9.12. The highest BCUT2D eigenvalue weighted by atomic mass is 19.1. The monoisotopic (exact) mass is 351 g/mol. The summed E-state index contributed by atoms with van der Waals surface area (Å²) in [5.74, 6) is -0.269. The van der Waals surface area contributed by atoms with Crippen LogP contribution in [0, 0.1) is 5.82 Å². The zero-order chi connectivity index (χ0) is 17.5. The first-order valence-electron chi connectivity index (χ1n) is 8.92. The van der Waals surface area contributed by atoms with Crippen LogP contribution in [0.15, 0.2) is 24.3 Å². The smallest absolute Gasteiger partial charge is 0.317 e. The molecule has 0 radical (unpaired) electrons. The van der Waals surface area contributed by atoms with E-state index in [0.717, 1.165) is 44.8 Å². The van der Waals surface area contributed by atoms with Gasteiger partial charge in [-0.1, -0.05) is 12.1 Å². The standard InChI is InChI=1S/C18H26FN3O3/c19-16-4-2-15(3-5-16)17-14-22(10-13-25-17)18(23)20-6-1-7-21-8-11-24-12-9-21/h2-5,17H,1,6-14H2,(H,20,23). The molecule has 2 fully saturated rings. The number of carbonyl (C=O) groups excluding carboxylic acids is 1. The molecular formula is C18H26FN3O3. The van der Waals surface area contributed by atoms with Crippen molar-refractivity contribution in [1.82, 2.24) is 15.1 Å². The number of morpholine rings is 2. The van der Waals surface area contributed by atoms with Crippen molar-refractivity contribution in [3.05, 3.63) is 35.6 Å². The third kappa shape index (κ3) is 5.39. The zero-order valence-electron chi connectivity index (χ0n) is 14.5. The molecule has 1 N–H and O–H groups in total. The molecule has 2 aliphatic rings. The SMILES string of the molecule is O=C(NCCCN1CCOCC1)N1CCOC(c2ccc(F)cc2)C1. The average molecular weight is 351 g/mol. The normalized spacial score (nSPS) is 22.0. The third-order valence-electron chi connectivity index (χ3n) is 4.63. The number of hydrogen-bond donors (Lipinski definition) is 1. The van der Waals surface area contributed by atoms with Gasteiger partial charge < -0.3 is 19.7 Å². The summed E-state index contributed by atoms with van der Waals surface area (Å²) in [5.41, 5.74) is 0.895. The molecule has 0 bridgehead atoms. The van der Waals surface area contributed by atoms with E-state index in [1.54, 1.807) is 17.0 Å². The van der Waals surface area contributed by atoms with Gasteiger partial charge in [0.15, 0.2) is 0 Å². The fourth-order valence-corrected chi connectivity index (χ4v) is 3.15. The van der Waals surface area contributed by atoms with Gasteiger partial charge in [-0.3, -0.25) is 4.90 Å². The Balaban J connectivity index is 1.40. The van der Waals surface area contributed by atoms with Crippen molar-refractivity contribution in [3.8, 4) is 0 Å². The predicted octanol–water partition coefficient (Wildman–Crippen LogP) is 1.63. The van der Waals surface area contributed by atoms with Gasteiger partial charge in [-0.05, 0) is 30.7 Å². The number of benzene rings is 1. The summed E-state index contributed by atoms with van der Waals surface area (Å²) in [6.07, 6.45) is 0.728. The van der Waals surface area contributed by atoms with E-state index in [2.05, 4.69) is 10.2 Å². The van der Waals surface area contributed by atoms with Gasteiger partial charge in [0.1, 0.15) is 11.9 Å². The fraction of sp³-hybridized carbons (Fsp3) is 0.611. The summed E-state index contributed by atoms with van der Waals surface area (Å²) >= 11 is 0. The van der Waals surface area contributed by atoms with Gasteiger partial charge in [0.25, 0.3) is 0 Å². The molecule has 0 aliphatic carbocycles. The lowest BCUT2D eigenvalue weighted by atomic mass is 10.1. The number of urea groups is 1. The van der Waals surface area contributed by atoms with Gasteiger partial charge in [-0.15, -0.1) is 0 Å². The van der Waals surface area contributed by atoms with Crippen LogP contribution in [0.1, 0.15) is 18.1 Å². The Bertz CT molecular complexity index is 549. The highest BCUT2D eigenvalue weighted by Gasteiger charge is 2.25. The van der Waals surface area contributed by atoms with Gasteiger partial charge in [0, 0.05) is 26.2 Å². The maximum Gasteiger partial charge on any atom is 0.317 e. The van der Waals surface area contributed by atoms with E-state index in [1.807, 2.05) is 0 Å². The van der Waals surface area contributed by atoms with Gasteiger partial charge in [-0.2, -0.15) is 0 Å². The lowest BCUT2D eigenvalue weighted by Gasteiger charge is -2.33. The van der Waals surface area contributed by atoms with E-state index >= 15 is 0 Å². The van der Waals surface area contributed by atoms with E-state index in [0.29, 0.717) is 26.2 Å². The van der Waals surface area contributed by atoms with E-state index in [-0.39, 0.29) is 18.0 Å². The third-order valence-corrected chi connectivity index (χ3v) is 4.63. The van der Waals surface area contributed by atoms with Gasteiger partial charge in [0.2, 0.25) is 0 Å². The van der Waals surface area contributed by atoms with Gasteiger partial charge in [0.05, 0.1) is 26.4 Å². The fourth-order valence-electron chi connectivity index (χ4n) is 3.15. The Hall–Kier alpha value is -1.70. The van der Waals surface area contributed by atoms with Crippen LogP contribution in [0.5, 0.6) is 0 Å². The second-order valence-electron chi connectivity index (χ2n) is 6.40. The van der Waals surface area contributed by atoms with Crippen molar-refractivity contribution >= 4 is 6.03 Å². The number of rotatable bonds is 5. The lowest BCUT2D eigenvalue weighted by molar-refractivity contribution is -0.0154. The number of amides is 2. The average Bonchev–Trinajstić information content (AvgIpc) is 2.66. The number of hydrogen-bond acceptors (Lipinski definition) is 4. The predicted molar refractivity (Wildman–Crippen MR) is 91.9 cm³/mol. The number of carbonyl (C=O) groups is 1. The van der Waals surface area contributed by atoms with Crippen LogP contribution in [-0.4, -0.2) is 74.9 Å². The molecule has 1 unspecified atom stereocenters. The largest absolute Gasteiger partial charge is 0.379 e. The topological polar surface area (TPSA) is 54.0 Å². The highest BCUT2D eigenvalue weighted by Crippen LogP contribution is 2.22. The Morgan fingerprint density at radius 2 is 1.92 bits per heavy atom. The minimum absolute atomic E-state index is 0.0580. The molecule has 0 saturated carbocycles. The minimum Gasteiger partial charge on any atom is -0.379 e. The molecule has 1 aromatic carbocycles. The summed E-state index contributed by atoms with van der Waals surface area (Å²) < 4.78 is 24.1. The lowest BCUT2D eigenvalue weighted by Crippen LogP contribution is -2.47. The first kappa shape index (κ1) is 18.1. The second-order valence-corrected chi connectivity index (χ2v) is 6.40. The van der Waals surface area contributed by atoms with E-state index in [1.165, 1.54) is 12.1 Å². The summed E-state index contributed by atoms with van der Waals surface area (Å²) in [6.45, 7) is 6.72. The van der Waals surface area contributed by atoms with Crippen LogP contribution in [0.25, 0.3) is 0 Å². The van der Waals surface area contributed by atoms with Crippen molar-refractivity contribution in [2.24, 2.45) is 0 Å². The molecule has 2 aliphatic heterocycles. The molecule has 0 spiro atoms. The molecule has 2 amide bonds. The molecule has 7 heteroatoms. The maximum absolute atomic E-state index is 13.0. The van der Waals surface area contributed by atoms with Crippen LogP contribution in [0.4, 0.5) is 9.18 Å². The Morgan fingerprint density at radius 3 is 2.68 bits per heavy atom.